The fourth-order valence-corrected chi connectivity index (χ4v) is 3.64. The number of nitrogens with zero attached hydrogens (tertiary/aromatic N) is 4. The molecular formula is C20H27BrN6. The van der Waals surface area contributed by atoms with Crippen LogP contribution < -0.4 is 10.6 Å². The van der Waals surface area contributed by atoms with Crippen LogP contribution in [-0.4, -0.2) is 25.6 Å². The Balaban J connectivity index is 0.00000102. The maximum Gasteiger partial charge on any atom is 0.173 e. The molecule has 0 unspecified atom stereocenters. The Bertz CT molecular complexity index is 842. The summed E-state index contributed by atoms with van der Waals surface area (Å²) in [6, 6.07) is 6.55. The standard InChI is InChI=1S/C18H21BrN6.C2H6/c19-15-12-22-25-17(21-11-13-5-4-8-20-10-13)9-16(24-18(15)25)23-14-6-2-1-3-7-14;1-2/h4-5,8-10,12,14,21H,1-3,6-7,11H2,(H,23,24);1-2H3. The van der Waals surface area contributed by atoms with Crippen LogP contribution in [0.2, 0.25) is 0 Å². The zero-order valence-corrected chi connectivity index (χ0v) is 17.5. The predicted octanol–water partition coefficient (Wildman–Crippen LogP) is 5.27. The summed E-state index contributed by atoms with van der Waals surface area (Å²) in [6.07, 6.45) is 11.8. The molecule has 6 nitrogen and oxygen atoms in total. The lowest BCUT2D eigenvalue weighted by atomic mass is 9.95. The molecule has 0 amide bonds. The summed E-state index contributed by atoms with van der Waals surface area (Å²) >= 11 is 3.55. The van der Waals surface area contributed by atoms with E-state index in [0.29, 0.717) is 12.6 Å². The molecule has 1 aliphatic carbocycles. The predicted molar refractivity (Wildman–Crippen MR) is 114 cm³/mol. The van der Waals surface area contributed by atoms with Crippen molar-refractivity contribution in [2.75, 3.05) is 10.6 Å². The van der Waals surface area contributed by atoms with Gasteiger partial charge in [-0.05, 0) is 40.4 Å². The summed E-state index contributed by atoms with van der Waals surface area (Å²) in [5, 5.41) is 11.5. The molecule has 4 rings (SSSR count). The molecule has 0 saturated heterocycles. The third-order valence-electron chi connectivity index (χ3n) is 4.58. The smallest absolute Gasteiger partial charge is 0.173 e. The number of nitrogens with one attached hydrogen (secondary N) is 2. The lowest BCUT2D eigenvalue weighted by Gasteiger charge is -2.23. The zero-order chi connectivity index (χ0) is 19.1. The first-order valence-electron chi connectivity index (χ1n) is 9.73. The number of rotatable bonds is 5. The SMILES string of the molecule is Brc1cnn2c(NCc3cccnc3)cc(NC3CCCCC3)nc12.CC. The third kappa shape index (κ3) is 4.97. The molecule has 3 aromatic rings. The van der Waals surface area contributed by atoms with E-state index in [1.165, 1.54) is 32.1 Å². The van der Waals surface area contributed by atoms with Crippen LogP contribution in [0.15, 0.2) is 41.3 Å². The summed E-state index contributed by atoms with van der Waals surface area (Å²) in [7, 11) is 0. The summed E-state index contributed by atoms with van der Waals surface area (Å²) in [5.74, 6) is 1.81. The van der Waals surface area contributed by atoms with Crippen LogP contribution in [-0.2, 0) is 6.54 Å². The highest BCUT2D eigenvalue weighted by molar-refractivity contribution is 9.10. The summed E-state index contributed by atoms with van der Waals surface area (Å²) < 4.78 is 2.72. The average molecular weight is 431 g/mol. The topological polar surface area (TPSA) is 67.1 Å². The molecule has 7 heteroatoms. The molecule has 0 spiro atoms. The van der Waals surface area contributed by atoms with Crippen LogP contribution in [0.4, 0.5) is 11.6 Å². The van der Waals surface area contributed by atoms with Gasteiger partial charge in [0.05, 0.1) is 10.7 Å². The molecule has 0 aliphatic heterocycles. The van der Waals surface area contributed by atoms with E-state index in [2.05, 4.69) is 42.7 Å². The minimum atomic E-state index is 0.511. The second-order valence-corrected chi connectivity index (χ2v) is 7.30. The molecule has 0 aromatic carbocycles. The first-order chi connectivity index (χ1) is 13.3. The Labute approximate surface area is 168 Å². The number of aromatic nitrogens is 4. The zero-order valence-electron chi connectivity index (χ0n) is 16.0. The second kappa shape index (κ2) is 9.69. The van der Waals surface area contributed by atoms with Crippen LogP contribution >= 0.6 is 15.9 Å². The molecule has 144 valence electrons. The summed E-state index contributed by atoms with van der Waals surface area (Å²) in [4.78, 5) is 8.90. The molecule has 3 heterocycles. The van der Waals surface area contributed by atoms with E-state index in [4.69, 9.17) is 4.98 Å². The summed E-state index contributed by atoms with van der Waals surface area (Å²) in [6.45, 7) is 4.69. The first kappa shape index (κ1) is 19.6. The Kier molecular flexibility index (Phi) is 7.04. The van der Waals surface area contributed by atoms with Crippen molar-refractivity contribution in [2.45, 2.75) is 58.5 Å². The van der Waals surface area contributed by atoms with Crippen LogP contribution in [0.5, 0.6) is 0 Å². The van der Waals surface area contributed by atoms with Gasteiger partial charge in [-0.2, -0.15) is 9.61 Å². The number of anilines is 2. The van der Waals surface area contributed by atoms with Crippen molar-refractivity contribution in [3.63, 3.8) is 0 Å². The van der Waals surface area contributed by atoms with E-state index in [9.17, 15) is 0 Å². The van der Waals surface area contributed by atoms with Crippen LogP contribution in [0.1, 0.15) is 51.5 Å². The van der Waals surface area contributed by atoms with Crippen molar-refractivity contribution in [2.24, 2.45) is 0 Å². The van der Waals surface area contributed by atoms with Gasteiger partial charge in [0.25, 0.3) is 0 Å². The van der Waals surface area contributed by atoms with Crippen molar-refractivity contribution in [3.8, 4) is 0 Å². The highest BCUT2D eigenvalue weighted by Crippen LogP contribution is 2.25. The van der Waals surface area contributed by atoms with Crippen LogP contribution in [0, 0.1) is 0 Å². The van der Waals surface area contributed by atoms with Crippen molar-refractivity contribution in [1.29, 1.82) is 0 Å². The minimum Gasteiger partial charge on any atom is -0.367 e. The van der Waals surface area contributed by atoms with Gasteiger partial charge in [0.1, 0.15) is 11.6 Å². The van der Waals surface area contributed by atoms with Gasteiger partial charge < -0.3 is 10.6 Å². The molecule has 0 atom stereocenters. The van der Waals surface area contributed by atoms with Gasteiger partial charge in [0, 0.05) is 31.0 Å². The lowest BCUT2D eigenvalue weighted by molar-refractivity contribution is 0.462. The molecule has 0 bridgehead atoms. The highest BCUT2D eigenvalue weighted by Gasteiger charge is 2.16. The maximum absolute atomic E-state index is 4.73. The number of pyridine rings is 1. The number of fused-ring (bicyclic) bond motifs is 1. The van der Waals surface area contributed by atoms with E-state index >= 15 is 0 Å². The Morgan fingerprint density at radius 1 is 1.19 bits per heavy atom. The Morgan fingerprint density at radius 2 is 2.00 bits per heavy atom. The van der Waals surface area contributed by atoms with E-state index in [1.807, 2.05) is 36.7 Å². The number of hydrogen-bond acceptors (Lipinski definition) is 5. The molecule has 1 fully saturated rings. The Hall–Kier alpha value is -2.15. The molecule has 1 aliphatic rings. The molecule has 0 radical (unpaired) electrons. The molecule has 3 aromatic heterocycles. The fourth-order valence-electron chi connectivity index (χ4n) is 3.29. The normalized spacial score (nSPS) is 14.5. The number of halogens is 1. The monoisotopic (exact) mass is 430 g/mol. The molecule has 1 saturated carbocycles. The fraction of sp³-hybridized carbons (Fsp3) is 0.450. The van der Waals surface area contributed by atoms with Crippen molar-refractivity contribution in [1.82, 2.24) is 19.6 Å². The third-order valence-corrected chi connectivity index (χ3v) is 5.14. The highest BCUT2D eigenvalue weighted by atomic mass is 79.9. The van der Waals surface area contributed by atoms with E-state index in [-0.39, 0.29) is 0 Å². The quantitative estimate of drug-likeness (QED) is 0.576. The second-order valence-electron chi connectivity index (χ2n) is 6.45. The first-order valence-corrected chi connectivity index (χ1v) is 10.5. The van der Waals surface area contributed by atoms with Gasteiger partial charge >= 0.3 is 0 Å². The van der Waals surface area contributed by atoms with Gasteiger partial charge in [-0.1, -0.05) is 39.2 Å². The summed E-state index contributed by atoms with van der Waals surface area (Å²) in [5.41, 5.74) is 1.94. The van der Waals surface area contributed by atoms with E-state index in [0.717, 1.165) is 27.3 Å². The Morgan fingerprint density at radius 3 is 2.74 bits per heavy atom. The van der Waals surface area contributed by atoms with Gasteiger partial charge in [-0.3, -0.25) is 4.98 Å². The van der Waals surface area contributed by atoms with Crippen molar-refractivity contribution in [3.05, 3.63) is 46.8 Å². The van der Waals surface area contributed by atoms with Gasteiger partial charge in [-0.15, -0.1) is 0 Å². The van der Waals surface area contributed by atoms with Gasteiger partial charge in [0.2, 0.25) is 0 Å². The lowest BCUT2D eigenvalue weighted by Crippen LogP contribution is -2.23. The van der Waals surface area contributed by atoms with Crippen LogP contribution in [0.25, 0.3) is 5.65 Å². The van der Waals surface area contributed by atoms with Crippen LogP contribution in [0.3, 0.4) is 0 Å². The van der Waals surface area contributed by atoms with E-state index in [1.54, 1.807) is 12.4 Å². The average Bonchev–Trinajstić information content (AvgIpc) is 3.10. The van der Waals surface area contributed by atoms with Crippen molar-refractivity contribution < 1.29 is 0 Å². The van der Waals surface area contributed by atoms with Crippen molar-refractivity contribution >= 4 is 33.2 Å². The van der Waals surface area contributed by atoms with E-state index < -0.39 is 0 Å². The largest absolute Gasteiger partial charge is 0.367 e. The molecule has 27 heavy (non-hydrogen) atoms. The maximum atomic E-state index is 4.73. The minimum absolute atomic E-state index is 0.511. The molecular weight excluding hydrogens is 404 g/mol. The van der Waals surface area contributed by atoms with Gasteiger partial charge in [-0.25, -0.2) is 4.98 Å². The molecule has 2 N–H and O–H groups in total. The number of hydrogen-bond donors (Lipinski definition) is 2. The van der Waals surface area contributed by atoms with Gasteiger partial charge in [0.15, 0.2) is 5.65 Å².